The van der Waals surface area contributed by atoms with E-state index in [1.807, 2.05) is 13.8 Å². The van der Waals surface area contributed by atoms with Crippen molar-refractivity contribution in [1.29, 1.82) is 0 Å². The molecule has 0 rings (SSSR count). The average Bonchev–Trinajstić information content (AvgIpc) is 2.57. The van der Waals surface area contributed by atoms with Crippen molar-refractivity contribution >= 4 is 0 Å². The van der Waals surface area contributed by atoms with E-state index < -0.39 is 0 Å². The van der Waals surface area contributed by atoms with Gasteiger partial charge in [0.15, 0.2) is 0 Å². The highest BCUT2D eigenvalue weighted by atomic mass is 14.3. The van der Waals surface area contributed by atoms with Crippen LogP contribution in [0.1, 0.15) is 134 Å². The first kappa shape index (κ1) is 28.8. The van der Waals surface area contributed by atoms with Crippen molar-refractivity contribution in [2.75, 3.05) is 0 Å². The Hall–Kier alpha value is 0. The van der Waals surface area contributed by atoms with Gasteiger partial charge < -0.3 is 0 Å². The van der Waals surface area contributed by atoms with Gasteiger partial charge in [0.05, 0.1) is 0 Å². The van der Waals surface area contributed by atoms with Gasteiger partial charge in [-0.05, 0) is 36.0 Å². The zero-order valence-corrected chi connectivity index (χ0v) is 19.6. The molecule has 0 amide bonds. The molecule has 0 bridgehead atoms. The summed E-state index contributed by atoms with van der Waals surface area (Å²) in [5, 5.41) is 0. The molecule has 24 heavy (non-hydrogen) atoms. The Morgan fingerprint density at radius 1 is 0.750 bits per heavy atom. The molecule has 0 spiro atoms. The molecule has 0 saturated carbocycles. The van der Waals surface area contributed by atoms with E-state index in [0.29, 0.717) is 5.41 Å². The number of unbranched alkanes of at least 4 members (excludes halogenated alkanes) is 1. The third-order valence-corrected chi connectivity index (χ3v) is 5.52. The Bertz CT molecular complexity index is 210. The Morgan fingerprint density at radius 3 is 1.50 bits per heavy atom. The standard InChI is InChI=1S/C12H26.C10H22.C2H6/c1-6-9-12(7-2,8-3)10-11(4)5;1-5-7-8-10(6-2)9(3)4;1-2/h11H,6-10H2,1-5H3;9-10H,5-8H2,1-4H3;1-2H3. The van der Waals surface area contributed by atoms with Gasteiger partial charge in [0.25, 0.3) is 0 Å². The molecule has 0 aliphatic rings. The summed E-state index contributed by atoms with van der Waals surface area (Å²) in [5.74, 6) is 2.72. The highest BCUT2D eigenvalue weighted by molar-refractivity contribution is 4.77. The molecule has 0 saturated heterocycles. The Balaban J connectivity index is -0.000000337. The zero-order chi connectivity index (χ0) is 19.6. The predicted molar refractivity (Wildman–Crippen MR) is 117 cm³/mol. The molecule has 0 N–H and O–H groups in total. The molecule has 0 heteroatoms. The summed E-state index contributed by atoms with van der Waals surface area (Å²) < 4.78 is 0. The maximum absolute atomic E-state index is 2.35. The van der Waals surface area contributed by atoms with E-state index in [4.69, 9.17) is 0 Å². The largest absolute Gasteiger partial charge is 0.0683 e. The highest BCUT2D eigenvalue weighted by Crippen LogP contribution is 2.38. The molecular weight excluding hydrogens is 288 g/mol. The summed E-state index contributed by atoms with van der Waals surface area (Å²) in [6, 6.07) is 0. The van der Waals surface area contributed by atoms with Gasteiger partial charge in [-0.25, -0.2) is 0 Å². The van der Waals surface area contributed by atoms with Crippen LogP contribution in [0.25, 0.3) is 0 Å². The van der Waals surface area contributed by atoms with E-state index in [9.17, 15) is 0 Å². The van der Waals surface area contributed by atoms with Crippen LogP contribution in [0, 0.1) is 23.2 Å². The molecule has 0 aromatic carbocycles. The van der Waals surface area contributed by atoms with Crippen LogP contribution >= 0.6 is 0 Å². The number of hydrogen-bond acceptors (Lipinski definition) is 0. The number of rotatable bonds is 11. The lowest BCUT2D eigenvalue weighted by atomic mass is 9.73. The SMILES string of the molecule is CC.CCCC(CC)(CC)CC(C)C.CCCCC(CC)C(C)C. The molecule has 0 radical (unpaired) electrons. The first-order valence-corrected chi connectivity index (χ1v) is 11.3. The Morgan fingerprint density at radius 2 is 1.25 bits per heavy atom. The second-order valence-electron chi connectivity index (χ2n) is 8.11. The summed E-state index contributed by atoms with van der Waals surface area (Å²) in [7, 11) is 0. The molecule has 0 aromatic heterocycles. The van der Waals surface area contributed by atoms with E-state index in [1.54, 1.807) is 0 Å². The molecule has 0 nitrogen and oxygen atoms in total. The van der Waals surface area contributed by atoms with Crippen molar-refractivity contribution < 1.29 is 0 Å². The van der Waals surface area contributed by atoms with Crippen LogP contribution in [0.5, 0.6) is 0 Å². The molecule has 0 aliphatic carbocycles. The maximum atomic E-state index is 2.35. The van der Waals surface area contributed by atoms with Gasteiger partial charge in [-0.3, -0.25) is 0 Å². The number of hydrogen-bond donors (Lipinski definition) is 0. The minimum atomic E-state index is 0.656. The lowest BCUT2D eigenvalue weighted by Gasteiger charge is -2.33. The van der Waals surface area contributed by atoms with Gasteiger partial charge >= 0.3 is 0 Å². The van der Waals surface area contributed by atoms with Crippen molar-refractivity contribution in [2.45, 2.75) is 134 Å². The highest BCUT2D eigenvalue weighted by Gasteiger charge is 2.25. The fourth-order valence-corrected chi connectivity index (χ4v) is 3.87. The monoisotopic (exact) mass is 342 g/mol. The summed E-state index contributed by atoms with van der Waals surface area (Å²) in [6.07, 6.45) is 12.4. The second-order valence-corrected chi connectivity index (χ2v) is 8.11. The Kier molecular flexibility index (Phi) is 23.2. The Labute approximate surface area is 157 Å². The minimum absolute atomic E-state index is 0.656. The first-order valence-electron chi connectivity index (χ1n) is 11.3. The molecule has 0 heterocycles. The fourth-order valence-electron chi connectivity index (χ4n) is 3.87. The molecular formula is C24H54. The van der Waals surface area contributed by atoms with E-state index in [1.165, 1.54) is 57.8 Å². The van der Waals surface area contributed by atoms with Gasteiger partial charge in [-0.1, -0.05) is 121 Å². The van der Waals surface area contributed by atoms with Crippen LogP contribution in [0.2, 0.25) is 0 Å². The van der Waals surface area contributed by atoms with Gasteiger partial charge in [-0.15, -0.1) is 0 Å². The topological polar surface area (TPSA) is 0 Å². The van der Waals surface area contributed by atoms with Gasteiger partial charge in [0, 0.05) is 0 Å². The summed E-state index contributed by atoms with van der Waals surface area (Å²) >= 11 is 0. The lowest BCUT2D eigenvalue weighted by molar-refractivity contribution is 0.187. The van der Waals surface area contributed by atoms with Gasteiger partial charge in [0.2, 0.25) is 0 Å². The molecule has 150 valence electrons. The molecule has 0 fully saturated rings. The van der Waals surface area contributed by atoms with E-state index in [0.717, 1.165) is 17.8 Å². The van der Waals surface area contributed by atoms with E-state index in [-0.39, 0.29) is 0 Å². The van der Waals surface area contributed by atoms with Crippen molar-refractivity contribution in [3.63, 3.8) is 0 Å². The normalized spacial score (nSPS) is 12.4. The van der Waals surface area contributed by atoms with Crippen LogP contribution in [-0.2, 0) is 0 Å². The fraction of sp³-hybridized carbons (Fsp3) is 1.00. The van der Waals surface area contributed by atoms with Crippen molar-refractivity contribution in [2.24, 2.45) is 23.2 Å². The van der Waals surface area contributed by atoms with Crippen LogP contribution in [0.15, 0.2) is 0 Å². The zero-order valence-electron chi connectivity index (χ0n) is 19.6. The summed E-state index contributed by atoms with van der Waals surface area (Å²) in [4.78, 5) is 0. The maximum Gasteiger partial charge on any atom is -0.0300 e. The minimum Gasteiger partial charge on any atom is -0.0683 e. The molecule has 0 aliphatic heterocycles. The quantitative estimate of drug-likeness (QED) is 0.350. The first-order chi connectivity index (χ1) is 11.3. The molecule has 1 atom stereocenters. The van der Waals surface area contributed by atoms with E-state index >= 15 is 0 Å². The van der Waals surface area contributed by atoms with Crippen molar-refractivity contribution in [3.05, 3.63) is 0 Å². The third kappa shape index (κ3) is 15.5. The van der Waals surface area contributed by atoms with E-state index in [2.05, 4.69) is 62.3 Å². The van der Waals surface area contributed by atoms with Crippen LogP contribution in [0.3, 0.4) is 0 Å². The van der Waals surface area contributed by atoms with Crippen molar-refractivity contribution in [1.82, 2.24) is 0 Å². The van der Waals surface area contributed by atoms with Crippen LogP contribution in [0.4, 0.5) is 0 Å². The molecule has 0 aromatic rings. The van der Waals surface area contributed by atoms with Crippen LogP contribution < -0.4 is 0 Å². The summed E-state index contributed by atoms with van der Waals surface area (Å²) in [5.41, 5.74) is 0.656. The van der Waals surface area contributed by atoms with Gasteiger partial charge in [-0.2, -0.15) is 0 Å². The molecule has 1 unspecified atom stereocenters. The van der Waals surface area contributed by atoms with Crippen LogP contribution in [-0.4, -0.2) is 0 Å². The van der Waals surface area contributed by atoms with Gasteiger partial charge in [0.1, 0.15) is 0 Å². The second kappa shape index (κ2) is 19.3. The summed E-state index contributed by atoms with van der Waals surface area (Å²) in [6.45, 7) is 24.9. The smallest absolute Gasteiger partial charge is 0.0300 e. The van der Waals surface area contributed by atoms with Crippen molar-refractivity contribution in [3.8, 4) is 0 Å². The lowest BCUT2D eigenvalue weighted by Crippen LogP contribution is -2.20. The predicted octanol–water partition coefficient (Wildman–Crippen LogP) is 9.52. The third-order valence-electron chi connectivity index (χ3n) is 5.52. The average molecular weight is 343 g/mol.